The fraction of sp³-hybridized carbons (Fsp3) is 0.389. The largest absolute Gasteiger partial charge is 0.468 e. The molecule has 32 heavy (non-hydrogen) atoms. The summed E-state index contributed by atoms with van der Waals surface area (Å²) in [6.45, 7) is 1.16. The van der Waals surface area contributed by atoms with E-state index < -0.39 is 38.0 Å². The molecule has 0 saturated carbocycles. The molecule has 0 spiro atoms. The van der Waals surface area contributed by atoms with Crippen LogP contribution in [-0.2, 0) is 28.1 Å². The molecule has 1 unspecified atom stereocenters. The monoisotopic (exact) mass is 532 g/mol. The summed E-state index contributed by atoms with van der Waals surface area (Å²) in [4.78, 5) is 27.4. The molecule has 3 N–H and O–H groups in total. The molecule has 1 fully saturated rings. The van der Waals surface area contributed by atoms with Crippen LogP contribution in [0.2, 0.25) is 0 Å². The number of nitrogens with one attached hydrogen (secondary N) is 1. The van der Waals surface area contributed by atoms with Gasteiger partial charge in [-0.2, -0.15) is 10.1 Å². The lowest BCUT2D eigenvalue weighted by molar-refractivity contribution is -0.142. The third-order valence-corrected chi connectivity index (χ3v) is 6.39. The van der Waals surface area contributed by atoms with E-state index in [2.05, 4.69) is 30.7 Å². The van der Waals surface area contributed by atoms with Crippen molar-refractivity contribution in [2.24, 2.45) is 0 Å². The first-order chi connectivity index (χ1) is 15.2. The molecule has 0 radical (unpaired) electrons. The highest BCUT2D eigenvalue weighted by Gasteiger charge is 2.35. The van der Waals surface area contributed by atoms with Crippen LogP contribution in [0.1, 0.15) is 13.2 Å². The van der Waals surface area contributed by atoms with Crippen molar-refractivity contribution in [1.29, 1.82) is 0 Å². The SMILES string of the molecule is COC(=O)[C@H](C)NP(=O)(OC[C@H]1OC[C@@H](n2ccc(N)nc2=O)O1)Oc1ccc(Br)cc1. The lowest BCUT2D eigenvalue weighted by atomic mass is 10.3. The van der Waals surface area contributed by atoms with E-state index in [-0.39, 0.29) is 24.8 Å². The molecule has 0 bridgehead atoms. The number of hydrogen-bond acceptors (Lipinski definition) is 10. The number of halogens is 1. The summed E-state index contributed by atoms with van der Waals surface area (Å²) >= 11 is 3.30. The molecule has 0 amide bonds. The normalized spacial score (nSPS) is 21.0. The van der Waals surface area contributed by atoms with Crippen molar-refractivity contribution in [3.63, 3.8) is 0 Å². The Hall–Kier alpha value is -2.28. The molecule has 1 aliphatic rings. The first-order valence-electron chi connectivity index (χ1n) is 9.36. The number of methoxy groups -OCH3 is 1. The summed E-state index contributed by atoms with van der Waals surface area (Å²) in [7, 11) is -2.86. The van der Waals surface area contributed by atoms with Gasteiger partial charge in [-0.3, -0.25) is 13.9 Å². The Morgan fingerprint density at radius 2 is 2.12 bits per heavy atom. The maximum absolute atomic E-state index is 13.3. The number of nitrogens with two attached hydrogens (primary N) is 1. The quantitative estimate of drug-likeness (QED) is 0.359. The van der Waals surface area contributed by atoms with Gasteiger partial charge in [0.1, 0.15) is 24.2 Å². The van der Waals surface area contributed by atoms with E-state index in [0.717, 1.165) is 4.47 Å². The van der Waals surface area contributed by atoms with E-state index in [4.69, 9.17) is 24.3 Å². The van der Waals surface area contributed by atoms with Crippen LogP contribution in [0.4, 0.5) is 5.82 Å². The molecule has 1 aromatic carbocycles. The third kappa shape index (κ3) is 6.37. The Bertz CT molecular complexity index is 1050. The molecule has 174 valence electrons. The number of ether oxygens (including phenoxy) is 3. The zero-order valence-electron chi connectivity index (χ0n) is 17.2. The Labute approximate surface area is 191 Å². The number of carbonyl (C=O) groups is 1. The summed E-state index contributed by atoms with van der Waals surface area (Å²) in [5.41, 5.74) is 4.89. The van der Waals surface area contributed by atoms with Crippen LogP contribution in [0, 0.1) is 0 Å². The highest BCUT2D eigenvalue weighted by molar-refractivity contribution is 9.10. The summed E-state index contributed by atoms with van der Waals surface area (Å²) in [6, 6.07) is 6.99. The maximum Gasteiger partial charge on any atom is 0.459 e. The third-order valence-electron chi connectivity index (χ3n) is 4.22. The second-order valence-corrected chi connectivity index (χ2v) is 9.22. The van der Waals surface area contributed by atoms with Crippen molar-refractivity contribution in [1.82, 2.24) is 14.6 Å². The van der Waals surface area contributed by atoms with Gasteiger partial charge in [0, 0.05) is 10.7 Å². The fourth-order valence-electron chi connectivity index (χ4n) is 2.67. The van der Waals surface area contributed by atoms with Gasteiger partial charge in [0.05, 0.1) is 13.7 Å². The molecule has 2 aromatic rings. The van der Waals surface area contributed by atoms with Gasteiger partial charge < -0.3 is 24.5 Å². The minimum atomic E-state index is -4.06. The van der Waals surface area contributed by atoms with Gasteiger partial charge in [0.15, 0.2) is 12.5 Å². The summed E-state index contributed by atoms with van der Waals surface area (Å²) in [6.07, 6.45) is -0.289. The minimum absolute atomic E-state index is 0.0311. The molecule has 1 aliphatic heterocycles. The Kier molecular flexibility index (Phi) is 8.04. The average Bonchev–Trinajstić information content (AvgIpc) is 3.22. The zero-order chi connectivity index (χ0) is 23.3. The molecular weight excluding hydrogens is 511 g/mol. The second kappa shape index (κ2) is 10.6. The number of nitrogen functional groups attached to an aromatic ring is 1. The van der Waals surface area contributed by atoms with E-state index in [1.54, 1.807) is 24.3 Å². The van der Waals surface area contributed by atoms with Crippen LogP contribution in [0.15, 0.2) is 45.8 Å². The number of hydrogen-bond donors (Lipinski definition) is 2. The number of benzene rings is 1. The van der Waals surface area contributed by atoms with Gasteiger partial charge in [-0.25, -0.2) is 9.36 Å². The van der Waals surface area contributed by atoms with E-state index in [1.807, 2.05) is 0 Å². The number of aromatic nitrogens is 2. The van der Waals surface area contributed by atoms with Crippen molar-refractivity contribution in [2.75, 3.05) is 26.1 Å². The van der Waals surface area contributed by atoms with Crippen molar-refractivity contribution in [3.8, 4) is 5.75 Å². The number of rotatable bonds is 9. The van der Waals surface area contributed by atoms with Crippen LogP contribution in [0.3, 0.4) is 0 Å². The van der Waals surface area contributed by atoms with Crippen LogP contribution in [-0.4, -0.2) is 48.2 Å². The topological polar surface area (TPSA) is 153 Å². The molecule has 14 heteroatoms. The molecular formula is C18H22BrN4O8P. The number of esters is 1. The molecule has 1 aromatic heterocycles. The van der Waals surface area contributed by atoms with Gasteiger partial charge in [-0.15, -0.1) is 0 Å². The average molecular weight is 533 g/mol. The summed E-state index contributed by atoms with van der Waals surface area (Å²) in [5.74, 6) is -0.328. The smallest absolute Gasteiger partial charge is 0.459 e. The Morgan fingerprint density at radius 3 is 2.78 bits per heavy atom. The molecule has 0 aliphatic carbocycles. The predicted octanol–water partition coefficient (Wildman–Crippen LogP) is 1.81. The highest BCUT2D eigenvalue weighted by Crippen LogP contribution is 2.45. The van der Waals surface area contributed by atoms with Gasteiger partial charge in [-0.05, 0) is 37.3 Å². The van der Waals surface area contributed by atoms with Crippen molar-refractivity contribution < 1.29 is 32.6 Å². The molecule has 1 saturated heterocycles. The van der Waals surface area contributed by atoms with Crippen LogP contribution >= 0.6 is 23.7 Å². The Balaban J connectivity index is 1.67. The maximum atomic E-state index is 13.3. The molecule has 2 heterocycles. The predicted molar refractivity (Wildman–Crippen MR) is 116 cm³/mol. The minimum Gasteiger partial charge on any atom is -0.468 e. The van der Waals surface area contributed by atoms with Crippen LogP contribution in [0.5, 0.6) is 5.75 Å². The van der Waals surface area contributed by atoms with Gasteiger partial charge in [0.25, 0.3) is 0 Å². The van der Waals surface area contributed by atoms with Gasteiger partial charge in [0.2, 0.25) is 0 Å². The molecule has 3 rings (SSSR count). The van der Waals surface area contributed by atoms with Gasteiger partial charge >= 0.3 is 19.4 Å². The van der Waals surface area contributed by atoms with Crippen molar-refractivity contribution >= 4 is 35.5 Å². The lowest BCUT2D eigenvalue weighted by Crippen LogP contribution is -2.35. The summed E-state index contributed by atoms with van der Waals surface area (Å²) < 4.78 is 42.1. The van der Waals surface area contributed by atoms with Crippen LogP contribution < -0.4 is 21.0 Å². The summed E-state index contributed by atoms with van der Waals surface area (Å²) in [5, 5.41) is 2.52. The first-order valence-corrected chi connectivity index (χ1v) is 11.7. The van der Waals surface area contributed by atoms with E-state index in [9.17, 15) is 14.2 Å². The van der Waals surface area contributed by atoms with E-state index >= 15 is 0 Å². The molecule has 4 atom stereocenters. The fourth-order valence-corrected chi connectivity index (χ4v) is 4.41. The first kappa shape index (κ1) is 24.4. The second-order valence-electron chi connectivity index (χ2n) is 6.61. The lowest BCUT2D eigenvalue weighted by Gasteiger charge is -2.23. The van der Waals surface area contributed by atoms with Crippen LogP contribution in [0.25, 0.3) is 0 Å². The van der Waals surface area contributed by atoms with Gasteiger partial charge in [-0.1, -0.05) is 15.9 Å². The Morgan fingerprint density at radius 1 is 1.41 bits per heavy atom. The number of anilines is 1. The number of carbonyl (C=O) groups excluding carboxylic acids is 1. The number of nitrogens with zero attached hydrogens (tertiary/aromatic N) is 2. The van der Waals surface area contributed by atoms with E-state index in [0.29, 0.717) is 0 Å². The van der Waals surface area contributed by atoms with Crippen molar-refractivity contribution in [3.05, 3.63) is 51.5 Å². The zero-order valence-corrected chi connectivity index (χ0v) is 19.7. The van der Waals surface area contributed by atoms with Crippen molar-refractivity contribution in [2.45, 2.75) is 25.5 Å². The highest BCUT2D eigenvalue weighted by atomic mass is 79.9. The standard InChI is InChI=1S/C18H22BrN4O8P/c1-11(17(24)27-2)22-32(26,31-13-5-3-12(19)4-6-13)29-10-16-28-9-15(30-16)23-8-7-14(20)21-18(23)25/h3-8,11,15-16H,9-10H2,1-2H3,(H,22,26)(H2,20,21,25)/t11-,15-,16-,32?/m0/s1. The molecule has 12 nitrogen and oxygen atoms in total. The van der Waals surface area contributed by atoms with E-state index in [1.165, 1.54) is 30.9 Å².